The van der Waals surface area contributed by atoms with Crippen molar-refractivity contribution < 1.29 is 0 Å². The molecule has 2 aliphatic carbocycles. The van der Waals surface area contributed by atoms with Crippen LogP contribution < -0.4 is 10.9 Å². The fourth-order valence-electron chi connectivity index (χ4n) is 3.93. The van der Waals surface area contributed by atoms with Gasteiger partial charge in [0.05, 0.1) is 11.4 Å². The molecule has 2 N–H and O–H groups in total. The molecule has 0 fully saturated rings. The molecular weight excluding hydrogens is 268 g/mol. The van der Waals surface area contributed by atoms with E-state index in [-0.39, 0.29) is 0 Å². The fourth-order valence-corrected chi connectivity index (χ4v) is 3.93. The fraction of sp³-hybridized carbons (Fsp3) is 0.400. The summed E-state index contributed by atoms with van der Waals surface area (Å²) >= 11 is 0. The Kier molecular flexibility index (Phi) is 3.75. The summed E-state index contributed by atoms with van der Waals surface area (Å²) in [6.45, 7) is 0. The number of hydrogen-bond donors (Lipinski definition) is 2. The third-order valence-electron chi connectivity index (χ3n) is 5.12. The topological polar surface area (TPSA) is 24.1 Å². The van der Waals surface area contributed by atoms with Crippen molar-refractivity contribution in [3.63, 3.8) is 0 Å². The van der Waals surface area contributed by atoms with Gasteiger partial charge in [-0.25, -0.2) is 0 Å². The highest BCUT2D eigenvalue weighted by Crippen LogP contribution is 2.30. The molecule has 0 saturated heterocycles. The van der Waals surface area contributed by atoms with Crippen LogP contribution in [0.4, 0.5) is 11.4 Å². The first-order valence-electron chi connectivity index (χ1n) is 8.65. The Hall–Kier alpha value is -1.96. The van der Waals surface area contributed by atoms with Crippen LogP contribution in [0.15, 0.2) is 36.4 Å². The monoisotopic (exact) mass is 292 g/mol. The number of rotatable bonds is 3. The van der Waals surface area contributed by atoms with Gasteiger partial charge in [-0.15, -0.1) is 0 Å². The number of anilines is 2. The molecule has 2 aromatic carbocycles. The van der Waals surface area contributed by atoms with Gasteiger partial charge in [0.2, 0.25) is 0 Å². The van der Waals surface area contributed by atoms with E-state index in [1.807, 2.05) is 0 Å². The van der Waals surface area contributed by atoms with Crippen molar-refractivity contribution in [2.75, 3.05) is 10.9 Å². The normalized spacial score (nSPS) is 16.5. The Morgan fingerprint density at radius 2 is 1.00 bits per heavy atom. The van der Waals surface area contributed by atoms with E-state index in [2.05, 4.69) is 47.2 Å². The molecule has 0 bridgehead atoms. The molecule has 2 nitrogen and oxygen atoms in total. The molecule has 4 rings (SSSR count). The maximum absolute atomic E-state index is 3.49. The summed E-state index contributed by atoms with van der Waals surface area (Å²) in [6, 6.07) is 13.3. The Morgan fingerprint density at radius 1 is 0.545 bits per heavy atom. The standard InChI is InChI=1S/C20H24N2/c1-3-11-17-15(7-1)9-5-13-19(17)21-22-20-14-6-10-16-8-2-4-12-18(16)20/h5-6,9-10,13-14,21-22H,1-4,7-8,11-12H2. The highest BCUT2D eigenvalue weighted by Gasteiger charge is 2.15. The molecule has 0 heterocycles. The molecule has 0 aliphatic heterocycles. The highest BCUT2D eigenvalue weighted by molar-refractivity contribution is 5.62. The second kappa shape index (κ2) is 6.04. The highest BCUT2D eigenvalue weighted by atomic mass is 15.4. The predicted octanol–water partition coefficient (Wildman–Crippen LogP) is 4.88. The van der Waals surface area contributed by atoms with Crippen LogP contribution in [0.25, 0.3) is 0 Å². The zero-order valence-electron chi connectivity index (χ0n) is 13.1. The van der Waals surface area contributed by atoms with Gasteiger partial charge in [0.15, 0.2) is 0 Å². The van der Waals surface area contributed by atoms with Crippen LogP contribution >= 0.6 is 0 Å². The molecule has 2 heteroatoms. The van der Waals surface area contributed by atoms with Crippen molar-refractivity contribution in [2.24, 2.45) is 0 Å². The van der Waals surface area contributed by atoms with Crippen LogP contribution in [-0.4, -0.2) is 0 Å². The Morgan fingerprint density at radius 3 is 1.50 bits per heavy atom. The van der Waals surface area contributed by atoms with Gasteiger partial charge < -0.3 is 10.9 Å². The van der Waals surface area contributed by atoms with Gasteiger partial charge in [-0.1, -0.05) is 24.3 Å². The van der Waals surface area contributed by atoms with E-state index in [4.69, 9.17) is 0 Å². The van der Waals surface area contributed by atoms with Crippen molar-refractivity contribution in [3.8, 4) is 0 Å². The lowest BCUT2D eigenvalue weighted by Crippen LogP contribution is -2.16. The van der Waals surface area contributed by atoms with Crippen molar-refractivity contribution in [2.45, 2.75) is 51.4 Å². The summed E-state index contributed by atoms with van der Waals surface area (Å²) in [5.74, 6) is 0. The first kappa shape index (κ1) is 13.7. The Balaban J connectivity index is 1.56. The minimum absolute atomic E-state index is 1.20. The van der Waals surface area contributed by atoms with E-state index < -0.39 is 0 Å². The maximum atomic E-state index is 3.49. The van der Waals surface area contributed by atoms with Crippen molar-refractivity contribution in [1.82, 2.24) is 0 Å². The van der Waals surface area contributed by atoms with E-state index >= 15 is 0 Å². The molecule has 0 atom stereocenters. The second-order valence-electron chi connectivity index (χ2n) is 6.55. The maximum Gasteiger partial charge on any atom is 0.0574 e. The van der Waals surface area contributed by atoms with Crippen LogP contribution in [0.5, 0.6) is 0 Å². The molecule has 114 valence electrons. The molecule has 22 heavy (non-hydrogen) atoms. The third-order valence-corrected chi connectivity index (χ3v) is 5.12. The van der Waals surface area contributed by atoms with Gasteiger partial charge in [-0.05, 0) is 85.8 Å². The van der Waals surface area contributed by atoms with Crippen LogP contribution in [0.2, 0.25) is 0 Å². The molecule has 0 radical (unpaired) electrons. The zero-order chi connectivity index (χ0) is 14.8. The minimum atomic E-state index is 1.20. The largest absolute Gasteiger partial charge is 0.301 e. The Bertz CT molecular complexity index is 616. The van der Waals surface area contributed by atoms with E-state index in [9.17, 15) is 0 Å². The lowest BCUT2D eigenvalue weighted by atomic mass is 9.90. The predicted molar refractivity (Wildman–Crippen MR) is 93.4 cm³/mol. The lowest BCUT2D eigenvalue weighted by molar-refractivity contribution is 0.685. The third kappa shape index (κ3) is 2.58. The van der Waals surface area contributed by atoms with Gasteiger partial charge in [-0.2, -0.15) is 0 Å². The van der Waals surface area contributed by atoms with Crippen LogP contribution in [0.1, 0.15) is 47.9 Å². The quantitative estimate of drug-likeness (QED) is 0.788. The van der Waals surface area contributed by atoms with Gasteiger partial charge >= 0.3 is 0 Å². The summed E-state index contributed by atoms with van der Waals surface area (Å²) in [4.78, 5) is 0. The summed E-state index contributed by atoms with van der Waals surface area (Å²) < 4.78 is 0. The molecule has 0 aromatic heterocycles. The lowest BCUT2D eigenvalue weighted by Gasteiger charge is -2.23. The number of benzene rings is 2. The molecule has 0 spiro atoms. The smallest absolute Gasteiger partial charge is 0.0574 e. The van der Waals surface area contributed by atoms with Gasteiger partial charge in [0.1, 0.15) is 0 Å². The van der Waals surface area contributed by atoms with Crippen molar-refractivity contribution >= 4 is 11.4 Å². The molecule has 2 aliphatic rings. The summed E-state index contributed by atoms with van der Waals surface area (Å²) in [7, 11) is 0. The summed E-state index contributed by atoms with van der Waals surface area (Å²) in [6.07, 6.45) is 10.1. The molecule has 0 unspecified atom stereocenters. The van der Waals surface area contributed by atoms with Crippen LogP contribution in [0.3, 0.4) is 0 Å². The average Bonchev–Trinajstić information content (AvgIpc) is 2.60. The zero-order valence-corrected chi connectivity index (χ0v) is 13.1. The number of hydrogen-bond acceptors (Lipinski definition) is 2. The molecular formula is C20H24N2. The number of hydrazine groups is 1. The van der Waals surface area contributed by atoms with E-state index in [1.165, 1.54) is 85.0 Å². The second-order valence-corrected chi connectivity index (χ2v) is 6.55. The molecule has 0 saturated carbocycles. The van der Waals surface area contributed by atoms with E-state index in [0.29, 0.717) is 0 Å². The van der Waals surface area contributed by atoms with E-state index in [0.717, 1.165) is 0 Å². The van der Waals surface area contributed by atoms with Crippen LogP contribution in [-0.2, 0) is 25.7 Å². The minimum Gasteiger partial charge on any atom is -0.301 e. The molecule has 0 amide bonds. The first-order valence-corrected chi connectivity index (χ1v) is 8.65. The SMILES string of the molecule is c1cc2c(c(NNc3cccc4c3CCCC4)c1)CCCC2. The van der Waals surface area contributed by atoms with Crippen molar-refractivity contribution in [1.29, 1.82) is 0 Å². The number of fused-ring (bicyclic) bond motifs is 2. The first-order chi connectivity index (χ1) is 10.9. The summed E-state index contributed by atoms with van der Waals surface area (Å²) in [5, 5.41) is 0. The van der Waals surface area contributed by atoms with Gasteiger partial charge in [0, 0.05) is 0 Å². The van der Waals surface area contributed by atoms with Gasteiger partial charge in [0.25, 0.3) is 0 Å². The number of nitrogens with one attached hydrogen (secondary N) is 2. The van der Waals surface area contributed by atoms with Crippen molar-refractivity contribution in [3.05, 3.63) is 58.7 Å². The molecule has 2 aromatic rings. The Labute approximate surface area is 132 Å². The van der Waals surface area contributed by atoms with E-state index in [1.54, 1.807) is 0 Å². The average molecular weight is 292 g/mol. The van der Waals surface area contributed by atoms with Gasteiger partial charge in [-0.3, -0.25) is 0 Å². The number of aryl methyl sites for hydroxylation is 2. The van der Waals surface area contributed by atoms with Crippen LogP contribution in [0, 0.1) is 0 Å². The summed E-state index contributed by atoms with van der Waals surface area (Å²) in [5.41, 5.74) is 15.5.